The predicted molar refractivity (Wildman–Crippen MR) is 103 cm³/mol. The summed E-state index contributed by atoms with van der Waals surface area (Å²) in [5.74, 6) is -0.471. The summed E-state index contributed by atoms with van der Waals surface area (Å²) >= 11 is 1.15. The zero-order valence-electron chi connectivity index (χ0n) is 15.4. The Bertz CT molecular complexity index is 972. The van der Waals surface area contributed by atoms with Crippen molar-refractivity contribution >= 4 is 33.0 Å². The van der Waals surface area contributed by atoms with Crippen LogP contribution in [0.15, 0.2) is 40.6 Å². The molecule has 1 aliphatic heterocycles. The number of ether oxygens (including phenoxy) is 1. The molecule has 0 spiro atoms. The molecular weight excluding hydrogens is 429 g/mol. The van der Waals surface area contributed by atoms with Gasteiger partial charge in [-0.05, 0) is 56.2 Å². The van der Waals surface area contributed by atoms with Gasteiger partial charge in [0.25, 0.3) is 10.0 Å². The fraction of sp³-hybridized carbons (Fsp3) is 0.389. The van der Waals surface area contributed by atoms with Gasteiger partial charge in [-0.25, -0.2) is 8.42 Å². The van der Waals surface area contributed by atoms with E-state index in [0.29, 0.717) is 18.5 Å². The highest BCUT2D eigenvalue weighted by Gasteiger charge is 2.40. The average Bonchev–Trinajstić information content (AvgIpc) is 3.30. The van der Waals surface area contributed by atoms with E-state index in [0.717, 1.165) is 16.2 Å². The first-order valence-corrected chi connectivity index (χ1v) is 11.0. The van der Waals surface area contributed by atoms with Gasteiger partial charge in [-0.3, -0.25) is 4.79 Å². The van der Waals surface area contributed by atoms with Crippen LogP contribution in [0.25, 0.3) is 0 Å². The molecule has 158 valence electrons. The Morgan fingerprint density at radius 1 is 1.24 bits per heavy atom. The van der Waals surface area contributed by atoms with Crippen LogP contribution < -0.4 is 10.1 Å². The van der Waals surface area contributed by atoms with Crippen molar-refractivity contribution in [1.82, 2.24) is 4.31 Å². The largest absolute Gasteiger partial charge is 0.484 e. The molecule has 1 atom stereocenters. The number of alkyl halides is 3. The smallest absolute Gasteiger partial charge is 0.422 e. The Hall–Kier alpha value is -2.11. The van der Waals surface area contributed by atoms with Crippen LogP contribution in [-0.2, 0) is 14.8 Å². The number of hydrogen-bond acceptors (Lipinski definition) is 5. The molecule has 2 heterocycles. The lowest BCUT2D eigenvalue weighted by Crippen LogP contribution is -2.42. The Labute approximate surface area is 170 Å². The molecule has 3 rings (SSSR count). The highest BCUT2D eigenvalue weighted by Crippen LogP contribution is 2.31. The molecule has 1 aliphatic rings. The van der Waals surface area contributed by atoms with Gasteiger partial charge in [0.2, 0.25) is 5.91 Å². The molecule has 29 heavy (non-hydrogen) atoms. The third-order valence-corrected chi connectivity index (χ3v) is 7.69. The summed E-state index contributed by atoms with van der Waals surface area (Å²) in [6, 6.07) is 7.81. The van der Waals surface area contributed by atoms with Crippen LogP contribution >= 0.6 is 11.3 Å². The number of halogens is 3. The summed E-state index contributed by atoms with van der Waals surface area (Å²) in [6.45, 7) is 0.650. The highest BCUT2D eigenvalue weighted by atomic mass is 32.2. The van der Waals surface area contributed by atoms with E-state index in [2.05, 4.69) is 10.1 Å². The second kappa shape index (κ2) is 8.33. The normalized spacial score (nSPS) is 18.0. The van der Waals surface area contributed by atoms with Crippen molar-refractivity contribution in [2.75, 3.05) is 18.5 Å². The van der Waals surface area contributed by atoms with Gasteiger partial charge in [0.05, 0.1) is 0 Å². The average molecular weight is 448 g/mol. The third-order valence-electron chi connectivity index (χ3n) is 4.31. The topological polar surface area (TPSA) is 75.7 Å². The van der Waals surface area contributed by atoms with Crippen molar-refractivity contribution in [2.24, 2.45) is 0 Å². The first kappa shape index (κ1) is 21.6. The van der Waals surface area contributed by atoms with Crippen LogP contribution in [-0.4, -0.2) is 44.0 Å². The molecular formula is C18H19F3N2O4S2. The lowest BCUT2D eigenvalue weighted by molar-refractivity contribution is -0.153. The molecule has 1 fully saturated rings. The van der Waals surface area contributed by atoms with E-state index in [-0.39, 0.29) is 16.5 Å². The minimum atomic E-state index is -4.44. The van der Waals surface area contributed by atoms with Crippen LogP contribution in [0.3, 0.4) is 0 Å². The van der Waals surface area contributed by atoms with E-state index in [4.69, 9.17) is 0 Å². The molecule has 1 amide bonds. The van der Waals surface area contributed by atoms with E-state index in [1.165, 1.54) is 34.6 Å². The zero-order valence-corrected chi connectivity index (χ0v) is 17.0. The van der Waals surface area contributed by atoms with Crippen LogP contribution in [0.4, 0.5) is 18.9 Å². The van der Waals surface area contributed by atoms with E-state index >= 15 is 0 Å². The third kappa shape index (κ3) is 5.28. The standard InChI is InChI=1S/C18H19F3N2O4S2/c1-12-4-9-16(28-12)29(25,26)23-10-2-3-15(23)17(24)22-13-5-7-14(8-6-13)27-11-18(19,20)21/h4-9,15H,2-3,10-11H2,1H3,(H,22,24)/t15-/m1/s1. The molecule has 0 bridgehead atoms. The predicted octanol–water partition coefficient (Wildman–Crippen LogP) is 3.79. The lowest BCUT2D eigenvalue weighted by atomic mass is 10.2. The Kier molecular flexibility index (Phi) is 6.20. The number of carbonyl (C=O) groups is 1. The van der Waals surface area contributed by atoms with E-state index in [1.54, 1.807) is 13.0 Å². The fourth-order valence-corrected chi connectivity index (χ4v) is 6.05. The minimum Gasteiger partial charge on any atom is -0.484 e. The molecule has 1 aromatic carbocycles. The van der Waals surface area contributed by atoms with Gasteiger partial charge < -0.3 is 10.1 Å². The quantitative estimate of drug-likeness (QED) is 0.730. The summed E-state index contributed by atoms with van der Waals surface area (Å²) in [5.41, 5.74) is 0.338. The second-order valence-electron chi connectivity index (χ2n) is 6.56. The van der Waals surface area contributed by atoms with Crippen molar-refractivity contribution < 1.29 is 31.1 Å². The van der Waals surface area contributed by atoms with Crippen molar-refractivity contribution in [1.29, 1.82) is 0 Å². The molecule has 1 saturated heterocycles. The van der Waals surface area contributed by atoms with Crippen molar-refractivity contribution in [3.63, 3.8) is 0 Å². The molecule has 11 heteroatoms. The van der Waals surface area contributed by atoms with Gasteiger partial charge in [0, 0.05) is 17.1 Å². The monoisotopic (exact) mass is 448 g/mol. The van der Waals surface area contributed by atoms with Gasteiger partial charge in [0.15, 0.2) is 6.61 Å². The summed E-state index contributed by atoms with van der Waals surface area (Å²) in [5, 5.41) is 2.62. The number of anilines is 1. The number of nitrogens with zero attached hydrogens (tertiary/aromatic N) is 1. The maximum absolute atomic E-state index is 12.9. The summed E-state index contributed by atoms with van der Waals surface area (Å²) in [4.78, 5) is 13.5. The SMILES string of the molecule is Cc1ccc(S(=O)(=O)N2CCC[C@@H]2C(=O)Nc2ccc(OCC(F)(F)F)cc2)s1. The first-order valence-electron chi connectivity index (χ1n) is 8.75. The number of thiophene rings is 1. The molecule has 0 saturated carbocycles. The molecule has 0 aliphatic carbocycles. The minimum absolute atomic E-state index is 0.0125. The fourth-order valence-electron chi connectivity index (χ4n) is 2.98. The molecule has 6 nitrogen and oxygen atoms in total. The number of rotatable bonds is 6. The Balaban J connectivity index is 1.67. The summed E-state index contributed by atoms with van der Waals surface area (Å²) in [7, 11) is -3.77. The van der Waals surface area contributed by atoms with Crippen LogP contribution in [0.5, 0.6) is 5.75 Å². The van der Waals surface area contributed by atoms with Gasteiger partial charge in [0.1, 0.15) is 16.0 Å². The van der Waals surface area contributed by atoms with E-state index in [1.807, 2.05) is 0 Å². The van der Waals surface area contributed by atoms with Crippen molar-refractivity contribution in [3.8, 4) is 5.75 Å². The number of hydrogen-bond donors (Lipinski definition) is 1. The Morgan fingerprint density at radius 3 is 2.52 bits per heavy atom. The molecule has 0 unspecified atom stereocenters. The number of carbonyl (C=O) groups excluding carboxylic acids is 1. The number of sulfonamides is 1. The highest BCUT2D eigenvalue weighted by molar-refractivity contribution is 7.91. The van der Waals surface area contributed by atoms with Gasteiger partial charge in [-0.15, -0.1) is 11.3 Å². The number of nitrogens with one attached hydrogen (secondary N) is 1. The lowest BCUT2D eigenvalue weighted by Gasteiger charge is -2.22. The van der Waals surface area contributed by atoms with Crippen LogP contribution in [0.2, 0.25) is 0 Å². The molecule has 2 aromatic rings. The van der Waals surface area contributed by atoms with E-state index < -0.39 is 34.8 Å². The van der Waals surface area contributed by atoms with Gasteiger partial charge in [-0.1, -0.05) is 0 Å². The maximum atomic E-state index is 12.9. The van der Waals surface area contributed by atoms with E-state index in [9.17, 15) is 26.4 Å². The van der Waals surface area contributed by atoms with Crippen LogP contribution in [0, 0.1) is 6.92 Å². The Morgan fingerprint density at radius 2 is 1.93 bits per heavy atom. The summed E-state index contributed by atoms with van der Waals surface area (Å²) in [6.07, 6.45) is -3.49. The molecule has 0 radical (unpaired) electrons. The first-order chi connectivity index (χ1) is 13.6. The van der Waals surface area contributed by atoms with Crippen molar-refractivity contribution in [2.45, 2.75) is 36.2 Å². The second-order valence-corrected chi connectivity index (χ2v) is 9.96. The van der Waals surface area contributed by atoms with Gasteiger partial charge in [-0.2, -0.15) is 17.5 Å². The molecule has 1 aromatic heterocycles. The van der Waals surface area contributed by atoms with Crippen molar-refractivity contribution in [3.05, 3.63) is 41.3 Å². The zero-order chi connectivity index (χ0) is 21.2. The summed E-state index contributed by atoms with van der Waals surface area (Å²) < 4.78 is 68.3. The maximum Gasteiger partial charge on any atom is 0.422 e. The van der Waals surface area contributed by atoms with Crippen LogP contribution in [0.1, 0.15) is 17.7 Å². The molecule has 1 N–H and O–H groups in total. The number of aryl methyl sites for hydroxylation is 1. The van der Waals surface area contributed by atoms with Gasteiger partial charge >= 0.3 is 6.18 Å². The number of amides is 1. The number of benzene rings is 1.